The Morgan fingerprint density at radius 3 is 2.45 bits per heavy atom. The Balaban J connectivity index is 1.65. The van der Waals surface area contributed by atoms with Crippen molar-refractivity contribution in [1.82, 2.24) is 0 Å². The first-order valence-corrected chi connectivity index (χ1v) is 9.71. The van der Waals surface area contributed by atoms with Gasteiger partial charge in [-0.15, -0.1) is 0 Å². The Hall–Kier alpha value is -2.00. The van der Waals surface area contributed by atoms with Gasteiger partial charge in [-0.05, 0) is 41.7 Å². The van der Waals surface area contributed by atoms with E-state index >= 15 is 0 Å². The second-order valence-corrected chi connectivity index (χ2v) is 7.74. The summed E-state index contributed by atoms with van der Waals surface area (Å²) in [4.78, 5) is 0. The molecule has 0 spiro atoms. The number of aryl methyl sites for hydroxylation is 1. The summed E-state index contributed by atoms with van der Waals surface area (Å²) in [6.45, 7) is -0.599. The minimum Gasteiger partial charge on any atom is -0.497 e. The molecule has 2 aliphatic rings. The van der Waals surface area contributed by atoms with Gasteiger partial charge >= 0.3 is 0 Å². The van der Waals surface area contributed by atoms with Crippen molar-refractivity contribution in [2.45, 2.75) is 49.0 Å². The van der Waals surface area contributed by atoms with Gasteiger partial charge in [0, 0.05) is 11.5 Å². The number of fused-ring (bicyclic) bond motifs is 1. The molecule has 0 unspecified atom stereocenters. The molecule has 7 nitrogen and oxygen atoms in total. The maximum absolute atomic E-state index is 11.0. The average Bonchev–Trinajstić information content (AvgIpc) is 3.18. The fourth-order valence-corrected chi connectivity index (χ4v) is 4.42. The first-order chi connectivity index (χ1) is 13.9. The zero-order valence-electron chi connectivity index (χ0n) is 16.1. The Kier molecular flexibility index (Phi) is 5.37. The highest BCUT2D eigenvalue weighted by Gasteiger charge is 2.53. The number of aliphatic hydroxyl groups is 5. The van der Waals surface area contributed by atoms with Gasteiger partial charge in [-0.2, -0.15) is 0 Å². The molecule has 1 fully saturated rings. The summed E-state index contributed by atoms with van der Waals surface area (Å²) in [7, 11) is 1.63. The lowest BCUT2D eigenvalue weighted by Gasteiger charge is -2.45. The van der Waals surface area contributed by atoms with Crippen LogP contribution < -0.4 is 4.74 Å². The third-order valence-electron chi connectivity index (χ3n) is 6.12. The Bertz CT molecular complexity index is 866. The van der Waals surface area contributed by atoms with Crippen LogP contribution in [0.5, 0.6) is 5.75 Å². The van der Waals surface area contributed by atoms with Crippen LogP contribution in [-0.2, 0) is 16.9 Å². The van der Waals surface area contributed by atoms with E-state index in [-0.39, 0.29) is 11.5 Å². The van der Waals surface area contributed by atoms with Crippen LogP contribution in [0.4, 0.5) is 0 Å². The minimum atomic E-state index is -2.22. The Morgan fingerprint density at radius 1 is 1.07 bits per heavy atom. The molecule has 1 heterocycles. The van der Waals surface area contributed by atoms with Gasteiger partial charge in [-0.3, -0.25) is 0 Å². The number of hydrogen-bond acceptors (Lipinski definition) is 7. The minimum absolute atomic E-state index is 0.217. The largest absolute Gasteiger partial charge is 0.497 e. The summed E-state index contributed by atoms with van der Waals surface area (Å²) in [5, 5.41) is 50.8. The van der Waals surface area contributed by atoms with Gasteiger partial charge in [0.05, 0.1) is 13.7 Å². The first kappa shape index (κ1) is 20.3. The van der Waals surface area contributed by atoms with Crippen LogP contribution in [0, 0.1) is 0 Å². The van der Waals surface area contributed by atoms with E-state index in [0.29, 0.717) is 0 Å². The number of ether oxygens (including phenoxy) is 2. The predicted molar refractivity (Wildman–Crippen MR) is 103 cm³/mol. The molecule has 29 heavy (non-hydrogen) atoms. The summed E-state index contributed by atoms with van der Waals surface area (Å²) in [6, 6.07) is 13.3. The zero-order valence-corrected chi connectivity index (χ0v) is 16.1. The molecule has 0 aromatic heterocycles. The van der Waals surface area contributed by atoms with Gasteiger partial charge in [-0.25, -0.2) is 0 Å². The average molecular weight is 402 g/mol. The van der Waals surface area contributed by atoms with Crippen molar-refractivity contribution in [3.05, 3.63) is 64.7 Å². The van der Waals surface area contributed by atoms with E-state index in [1.807, 2.05) is 30.3 Å². The van der Waals surface area contributed by atoms with E-state index in [9.17, 15) is 25.5 Å². The van der Waals surface area contributed by atoms with Crippen LogP contribution in [0.1, 0.15) is 34.6 Å². The molecule has 0 radical (unpaired) electrons. The SMILES string of the molecule is COc1ccc([C@H]2CCc3cc([C@@]4(O)O[C@H](CO)[C@@H](O)[C@H](O)[C@H]4O)ccc32)cc1. The molecule has 156 valence electrons. The summed E-state index contributed by atoms with van der Waals surface area (Å²) < 4.78 is 10.7. The van der Waals surface area contributed by atoms with Crippen LogP contribution in [0.15, 0.2) is 42.5 Å². The summed E-state index contributed by atoms with van der Waals surface area (Å²) >= 11 is 0. The van der Waals surface area contributed by atoms with Crippen LogP contribution in [0.2, 0.25) is 0 Å². The van der Waals surface area contributed by atoms with E-state index < -0.39 is 36.8 Å². The fraction of sp³-hybridized carbons (Fsp3) is 0.455. The summed E-state index contributed by atoms with van der Waals surface area (Å²) in [5.74, 6) is -1.21. The van der Waals surface area contributed by atoms with Gasteiger partial charge in [-0.1, -0.05) is 30.3 Å². The molecule has 2 aromatic rings. The number of hydrogen-bond donors (Lipinski definition) is 5. The van der Waals surface area contributed by atoms with E-state index in [4.69, 9.17) is 9.47 Å². The molecule has 0 bridgehead atoms. The van der Waals surface area contributed by atoms with E-state index in [0.717, 1.165) is 29.7 Å². The second kappa shape index (κ2) is 7.68. The molecule has 1 aliphatic heterocycles. The second-order valence-electron chi connectivity index (χ2n) is 7.74. The van der Waals surface area contributed by atoms with Crippen LogP contribution in [0.3, 0.4) is 0 Å². The quantitative estimate of drug-likeness (QED) is 0.502. The van der Waals surface area contributed by atoms with Crippen molar-refractivity contribution in [3.63, 3.8) is 0 Å². The molecular weight excluding hydrogens is 376 g/mol. The molecule has 1 aliphatic carbocycles. The van der Waals surface area contributed by atoms with Gasteiger partial charge in [0.25, 0.3) is 0 Å². The Morgan fingerprint density at radius 2 is 1.79 bits per heavy atom. The predicted octanol–water partition coefficient (Wildman–Crippen LogP) is 0.392. The molecule has 6 atom stereocenters. The van der Waals surface area contributed by atoms with Crippen molar-refractivity contribution in [2.75, 3.05) is 13.7 Å². The maximum atomic E-state index is 11.0. The highest BCUT2D eigenvalue weighted by molar-refractivity contribution is 5.46. The van der Waals surface area contributed by atoms with Crippen molar-refractivity contribution >= 4 is 0 Å². The topological polar surface area (TPSA) is 120 Å². The Labute approximate surface area is 168 Å². The van der Waals surface area contributed by atoms with Crippen molar-refractivity contribution in [2.24, 2.45) is 0 Å². The summed E-state index contributed by atoms with van der Waals surface area (Å²) in [6.07, 6.45) is -4.40. The number of methoxy groups -OCH3 is 1. The van der Waals surface area contributed by atoms with E-state index in [1.54, 1.807) is 19.2 Å². The van der Waals surface area contributed by atoms with Crippen LogP contribution in [-0.4, -0.2) is 63.7 Å². The van der Waals surface area contributed by atoms with E-state index in [2.05, 4.69) is 0 Å². The lowest BCUT2D eigenvalue weighted by Crippen LogP contribution is -2.63. The van der Waals surface area contributed by atoms with Crippen LogP contribution in [0.25, 0.3) is 0 Å². The van der Waals surface area contributed by atoms with Crippen molar-refractivity contribution in [3.8, 4) is 5.75 Å². The standard InChI is InChI=1S/C22H26O7/c1-28-15-6-2-12(3-7-15)16-8-4-13-10-14(5-9-17(13)16)22(27)21(26)20(25)19(24)18(11-23)29-22/h2-3,5-7,9-10,16,18-21,23-27H,4,8,11H2,1H3/t16-,18-,19-,20+,21-,22-/m1/s1. The number of rotatable bonds is 4. The van der Waals surface area contributed by atoms with Crippen molar-refractivity contribution in [1.29, 1.82) is 0 Å². The monoisotopic (exact) mass is 402 g/mol. The first-order valence-electron chi connectivity index (χ1n) is 9.71. The normalized spacial score (nSPS) is 34.1. The van der Waals surface area contributed by atoms with Gasteiger partial charge in [0.2, 0.25) is 5.79 Å². The number of aliphatic hydroxyl groups excluding tert-OH is 4. The lowest BCUT2D eigenvalue weighted by atomic mass is 9.86. The molecular formula is C22H26O7. The summed E-state index contributed by atoms with van der Waals surface area (Å²) in [5.41, 5.74) is 3.60. The molecule has 5 N–H and O–H groups in total. The smallest absolute Gasteiger partial charge is 0.222 e. The number of benzene rings is 2. The van der Waals surface area contributed by atoms with Gasteiger partial charge < -0.3 is 35.0 Å². The van der Waals surface area contributed by atoms with Crippen LogP contribution >= 0.6 is 0 Å². The molecule has 4 rings (SSSR count). The van der Waals surface area contributed by atoms with Gasteiger partial charge in [0.15, 0.2) is 0 Å². The lowest BCUT2D eigenvalue weighted by molar-refractivity contribution is -0.357. The molecule has 1 saturated heterocycles. The third-order valence-corrected chi connectivity index (χ3v) is 6.12. The maximum Gasteiger partial charge on any atom is 0.222 e. The highest BCUT2D eigenvalue weighted by atomic mass is 16.7. The van der Waals surface area contributed by atoms with Gasteiger partial charge in [0.1, 0.15) is 30.2 Å². The zero-order chi connectivity index (χ0) is 20.8. The molecule has 0 amide bonds. The highest BCUT2D eigenvalue weighted by Crippen LogP contribution is 2.42. The molecule has 0 saturated carbocycles. The fourth-order valence-electron chi connectivity index (χ4n) is 4.42. The molecule has 2 aromatic carbocycles. The molecule has 7 heteroatoms. The van der Waals surface area contributed by atoms with Crippen molar-refractivity contribution < 1.29 is 35.0 Å². The van der Waals surface area contributed by atoms with E-state index in [1.165, 1.54) is 5.56 Å². The third kappa shape index (κ3) is 3.34.